The topological polar surface area (TPSA) is 46.3 Å². The minimum absolute atomic E-state index is 0.363. The summed E-state index contributed by atoms with van der Waals surface area (Å²) in [5, 5.41) is 3.64. The highest BCUT2D eigenvalue weighted by atomic mass is 32.1. The number of hydrogen-bond acceptors (Lipinski definition) is 5. The van der Waals surface area contributed by atoms with Crippen LogP contribution in [0.15, 0.2) is 69.2 Å². The van der Waals surface area contributed by atoms with Crippen molar-refractivity contribution in [1.29, 1.82) is 0 Å². The molecule has 0 aliphatic carbocycles. The molecular weight excluding hydrogens is 380 g/mol. The minimum atomic E-state index is -0.363. The number of aromatic nitrogens is 1. The Kier molecular flexibility index (Phi) is 5.58. The second-order valence-electron chi connectivity index (χ2n) is 6.66. The maximum atomic E-state index is 12.6. The molecule has 4 nitrogen and oxygen atoms in total. The Morgan fingerprint density at radius 1 is 1.03 bits per heavy atom. The number of thiazole rings is 1. The third-order valence-corrected chi connectivity index (χ3v) is 5.67. The van der Waals surface area contributed by atoms with E-state index in [0.29, 0.717) is 16.8 Å². The summed E-state index contributed by atoms with van der Waals surface area (Å²) in [5.74, 6) is 0. The van der Waals surface area contributed by atoms with Gasteiger partial charge in [-0.1, -0.05) is 36.4 Å². The fourth-order valence-electron chi connectivity index (χ4n) is 3.28. The maximum absolute atomic E-state index is 12.6. The summed E-state index contributed by atoms with van der Waals surface area (Å²) in [6.07, 6.45) is 3.97. The molecule has 0 saturated heterocycles. The molecule has 0 bridgehead atoms. The zero-order chi connectivity index (χ0) is 20.2. The van der Waals surface area contributed by atoms with Gasteiger partial charge in [0, 0.05) is 35.6 Å². The molecule has 146 valence electrons. The molecule has 0 N–H and O–H groups in total. The predicted molar refractivity (Wildman–Crippen MR) is 123 cm³/mol. The summed E-state index contributed by atoms with van der Waals surface area (Å²) < 4.78 is 5.63. The van der Waals surface area contributed by atoms with Gasteiger partial charge in [-0.2, -0.15) is 0 Å². The molecule has 4 rings (SSSR count). The molecule has 0 aliphatic rings. The summed E-state index contributed by atoms with van der Waals surface area (Å²) in [5.41, 5.74) is 3.54. The van der Waals surface area contributed by atoms with E-state index in [-0.39, 0.29) is 5.63 Å². The smallest absolute Gasteiger partial charge is 0.345 e. The lowest BCUT2D eigenvalue weighted by atomic mass is 10.1. The molecule has 2 heterocycles. The molecule has 29 heavy (non-hydrogen) atoms. The Balaban J connectivity index is 1.65. The van der Waals surface area contributed by atoms with Gasteiger partial charge in [0.15, 0.2) is 0 Å². The lowest BCUT2D eigenvalue weighted by Crippen LogP contribution is -2.21. The van der Waals surface area contributed by atoms with Crippen LogP contribution in [0.5, 0.6) is 0 Å². The number of rotatable bonds is 6. The first kappa shape index (κ1) is 19.2. The standard InChI is InChI=1S/C24H22N2O2S/c1-3-26(4-2)19-12-11-18-14-20(24(27)28-22(18)15-19)21-16-29-23(25-21)13-10-17-8-6-5-7-9-17/h5-16H,3-4H2,1-2H3/b13-10-. The van der Waals surface area contributed by atoms with Crippen LogP contribution < -0.4 is 10.5 Å². The third kappa shape index (κ3) is 4.15. The van der Waals surface area contributed by atoms with Gasteiger partial charge >= 0.3 is 5.63 Å². The highest BCUT2D eigenvalue weighted by Crippen LogP contribution is 2.26. The summed E-state index contributed by atoms with van der Waals surface area (Å²) in [6.45, 7) is 6.03. The van der Waals surface area contributed by atoms with Crippen molar-refractivity contribution in [1.82, 2.24) is 4.98 Å². The van der Waals surface area contributed by atoms with E-state index in [1.54, 1.807) is 0 Å². The Hall–Kier alpha value is -3.18. The van der Waals surface area contributed by atoms with E-state index >= 15 is 0 Å². The van der Waals surface area contributed by atoms with Crippen LogP contribution in [-0.2, 0) is 0 Å². The summed E-state index contributed by atoms with van der Waals surface area (Å²) in [4.78, 5) is 19.4. The van der Waals surface area contributed by atoms with Gasteiger partial charge in [-0.15, -0.1) is 11.3 Å². The largest absolute Gasteiger partial charge is 0.422 e. The highest BCUT2D eigenvalue weighted by molar-refractivity contribution is 7.10. The molecule has 0 spiro atoms. The van der Waals surface area contributed by atoms with E-state index in [2.05, 4.69) is 29.8 Å². The fourth-order valence-corrected chi connectivity index (χ4v) is 3.99. The third-order valence-electron chi connectivity index (χ3n) is 4.86. The fraction of sp³-hybridized carbons (Fsp3) is 0.167. The van der Waals surface area contributed by atoms with E-state index in [4.69, 9.17) is 4.42 Å². The van der Waals surface area contributed by atoms with Crippen molar-refractivity contribution in [2.75, 3.05) is 18.0 Å². The predicted octanol–water partition coefficient (Wildman–Crippen LogP) is 5.93. The van der Waals surface area contributed by atoms with Crippen LogP contribution in [0.3, 0.4) is 0 Å². The van der Waals surface area contributed by atoms with Gasteiger partial charge < -0.3 is 9.32 Å². The van der Waals surface area contributed by atoms with Crippen molar-refractivity contribution < 1.29 is 4.42 Å². The van der Waals surface area contributed by atoms with Crippen LogP contribution in [0.25, 0.3) is 34.4 Å². The van der Waals surface area contributed by atoms with E-state index < -0.39 is 0 Å². The van der Waals surface area contributed by atoms with Gasteiger partial charge in [-0.05, 0) is 43.7 Å². The number of fused-ring (bicyclic) bond motifs is 1. The summed E-state index contributed by atoms with van der Waals surface area (Å²) in [7, 11) is 0. The minimum Gasteiger partial charge on any atom is -0.422 e. The zero-order valence-corrected chi connectivity index (χ0v) is 17.3. The summed E-state index contributed by atoms with van der Waals surface area (Å²) >= 11 is 1.50. The SMILES string of the molecule is CCN(CC)c1ccc2cc(-c3csc(/C=C\c4ccccc4)n3)c(=O)oc2c1. The highest BCUT2D eigenvalue weighted by Gasteiger charge is 2.12. The van der Waals surface area contributed by atoms with Crippen LogP contribution in [-0.4, -0.2) is 18.1 Å². The van der Waals surface area contributed by atoms with Gasteiger partial charge in [0.1, 0.15) is 10.6 Å². The van der Waals surface area contributed by atoms with Gasteiger partial charge in [-0.3, -0.25) is 0 Å². The van der Waals surface area contributed by atoms with Crippen LogP contribution in [0, 0.1) is 0 Å². The monoisotopic (exact) mass is 402 g/mol. The molecule has 0 radical (unpaired) electrons. The van der Waals surface area contributed by atoms with E-state index in [1.165, 1.54) is 11.3 Å². The lowest BCUT2D eigenvalue weighted by molar-refractivity contribution is 0.563. The Bertz CT molecular complexity index is 1200. The lowest BCUT2D eigenvalue weighted by Gasteiger charge is -2.20. The van der Waals surface area contributed by atoms with Gasteiger partial charge in [0.25, 0.3) is 0 Å². The average Bonchev–Trinajstić information content (AvgIpc) is 3.22. The second kappa shape index (κ2) is 8.45. The van der Waals surface area contributed by atoms with Crippen molar-refractivity contribution in [3.8, 4) is 11.3 Å². The Labute approximate surface area is 173 Å². The molecule has 2 aromatic heterocycles. The number of benzene rings is 2. The molecule has 0 fully saturated rings. The van der Waals surface area contributed by atoms with Crippen molar-refractivity contribution in [2.24, 2.45) is 0 Å². The van der Waals surface area contributed by atoms with Crippen LogP contribution in [0.2, 0.25) is 0 Å². The molecule has 2 aromatic carbocycles. The van der Waals surface area contributed by atoms with Crippen molar-refractivity contribution in [3.05, 3.63) is 81.0 Å². The average molecular weight is 403 g/mol. The van der Waals surface area contributed by atoms with Gasteiger partial charge in [-0.25, -0.2) is 9.78 Å². The Morgan fingerprint density at radius 3 is 2.59 bits per heavy atom. The van der Waals surface area contributed by atoms with E-state index in [9.17, 15) is 4.79 Å². The molecule has 4 aromatic rings. The quantitative estimate of drug-likeness (QED) is 0.375. The first-order valence-corrected chi connectivity index (χ1v) is 10.6. The van der Waals surface area contributed by atoms with Crippen LogP contribution in [0.4, 0.5) is 5.69 Å². The number of anilines is 1. The molecule has 0 atom stereocenters. The van der Waals surface area contributed by atoms with E-state index in [1.807, 2.05) is 66.1 Å². The molecule has 0 unspecified atom stereocenters. The number of nitrogens with zero attached hydrogens (tertiary/aromatic N) is 2. The van der Waals surface area contributed by atoms with Gasteiger partial charge in [0.2, 0.25) is 0 Å². The zero-order valence-electron chi connectivity index (χ0n) is 16.5. The molecule has 0 aliphatic heterocycles. The molecule has 0 amide bonds. The summed E-state index contributed by atoms with van der Waals surface area (Å²) in [6, 6.07) is 17.9. The first-order valence-electron chi connectivity index (χ1n) is 9.70. The van der Waals surface area contributed by atoms with Crippen molar-refractivity contribution in [3.63, 3.8) is 0 Å². The second-order valence-corrected chi connectivity index (χ2v) is 7.55. The van der Waals surface area contributed by atoms with Crippen LogP contribution in [0.1, 0.15) is 24.4 Å². The first-order chi connectivity index (χ1) is 14.2. The molecular formula is C24H22N2O2S. The van der Waals surface area contributed by atoms with Crippen LogP contribution >= 0.6 is 11.3 Å². The maximum Gasteiger partial charge on any atom is 0.345 e. The Morgan fingerprint density at radius 2 is 1.83 bits per heavy atom. The molecule has 5 heteroatoms. The van der Waals surface area contributed by atoms with Gasteiger partial charge in [0.05, 0.1) is 11.3 Å². The van der Waals surface area contributed by atoms with E-state index in [0.717, 1.165) is 34.7 Å². The normalized spacial score (nSPS) is 11.4. The van der Waals surface area contributed by atoms with Crippen molar-refractivity contribution in [2.45, 2.75) is 13.8 Å². The molecule has 0 saturated carbocycles. The number of hydrogen-bond donors (Lipinski definition) is 0. The van der Waals surface area contributed by atoms with Crippen molar-refractivity contribution >= 4 is 40.1 Å².